The summed E-state index contributed by atoms with van der Waals surface area (Å²) in [5.74, 6) is -0.178. The van der Waals surface area contributed by atoms with Crippen LogP contribution in [0.4, 0.5) is 9.18 Å². The van der Waals surface area contributed by atoms with Gasteiger partial charge in [0.05, 0.1) is 11.1 Å². The highest BCUT2D eigenvalue weighted by atomic mass is 35.5. The van der Waals surface area contributed by atoms with E-state index in [-0.39, 0.29) is 24.1 Å². The van der Waals surface area contributed by atoms with Crippen LogP contribution in [0, 0.1) is 5.82 Å². The molecule has 4 rings (SSSR count). The van der Waals surface area contributed by atoms with Crippen molar-refractivity contribution in [3.05, 3.63) is 102 Å². The quantitative estimate of drug-likeness (QED) is 0.388. The zero-order valence-electron chi connectivity index (χ0n) is 18.0. The van der Waals surface area contributed by atoms with E-state index in [0.717, 1.165) is 23.1 Å². The Morgan fingerprint density at radius 3 is 2.47 bits per heavy atom. The fourth-order valence-corrected chi connectivity index (χ4v) is 3.64. The summed E-state index contributed by atoms with van der Waals surface area (Å²) in [6, 6.07) is 17.9. The Morgan fingerprint density at radius 2 is 1.91 bits per heavy atom. The Kier molecular flexibility index (Phi) is 8.40. The van der Waals surface area contributed by atoms with Crippen LogP contribution in [0.25, 0.3) is 11.1 Å². The van der Waals surface area contributed by atoms with Crippen molar-refractivity contribution in [3.8, 4) is 11.1 Å². The van der Waals surface area contributed by atoms with Gasteiger partial charge in [-0.15, -0.1) is 6.58 Å². The fraction of sp³-hybridized carbons (Fsp3) is 0.231. The van der Waals surface area contributed by atoms with Gasteiger partial charge in [-0.25, -0.2) is 9.18 Å². The molecule has 32 heavy (non-hydrogen) atoms. The van der Waals surface area contributed by atoms with E-state index in [1.54, 1.807) is 41.6 Å². The summed E-state index contributed by atoms with van der Waals surface area (Å²) in [5.41, 5.74) is 3.08. The van der Waals surface area contributed by atoms with E-state index in [4.69, 9.17) is 16.3 Å². The topological polar surface area (TPSA) is 42.4 Å². The molecule has 3 aromatic rings. The predicted molar refractivity (Wildman–Crippen MR) is 126 cm³/mol. The lowest BCUT2D eigenvalue weighted by molar-refractivity contribution is 0.0146. The second-order valence-corrected chi connectivity index (χ2v) is 7.93. The standard InChI is InChI=1S/C20H21ClN2O2.C6H5F/c1-3-4-19-9-10-23(20(24)25-19)14(2)15-5-7-16(8-6-15)17-11-18(21)13-22-12-17;7-6-4-2-1-3-5-6/h3,5-8,11-14,19H,1,4,9-10H2,2H3;1-5H. The summed E-state index contributed by atoms with van der Waals surface area (Å²) in [6.07, 6.45) is 6.42. The van der Waals surface area contributed by atoms with E-state index in [1.165, 1.54) is 12.1 Å². The first-order valence-corrected chi connectivity index (χ1v) is 10.9. The highest BCUT2D eigenvalue weighted by Crippen LogP contribution is 2.28. The summed E-state index contributed by atoms with van der Waals surface area (Å²) < 4.78 is 17.4. The van der Waals surface area contributed by atoms with Crippen LogP contribution in [0.2, 0.25) is 5.02 Å². The molecule has 0 aliphatic carbocycles. The van der Waals surface area contributed by atoms with Crippen molar-refractivity contribution in [1.29, 1.82) is 0 Å². The number of ether oxygens (including phenoxy) is 1. The van der Waals surface area contributed by atoms with E-state index in [9.17, 15) is 9.18 Å². The highest BCUT2D eigenvalue weighted by Gasteiger charge is 2.30. The monoisotopic (exact) mass is 452 g/mol. The molecule has 1 fully saturated rings. The smallest absolute Gasteiger partial charge is 0.410 e. The minimum Gasteiger partial charge on any atom is -0.446 e. The van der Waals surface area contributed by atoms with E-state index < -0.39 is 0 Å². The molecule has 1 saturated heterocycles. The molecule has 2 aromatic carbocycles. The number of halogens is 2. The van der Waals surface area contributed by atoms with Crippen molar-refractivity contribution >= 4 is 17.7 Å². The summed E-state index contributed by atoms with van der Waals surface area (Å²) in [5, 5.41) is 0.611. The van der Waals surface area contributed by atoms with Gasteiger partial charge in [-0.2, -0.15) is 0 Å². The number of nitrogens with zero attached hydrogens (tertiary/aromatic N) is 2. The van der Waals surface area contributed by atoms with Gasteiger partial charge in [0.1, 0.15) is 11.9 Å². The number of hydrogen-bond donors (Lipinski definition) is 0. The number of carbonyl (C=O) groups excluding carboxylic acids is 1. The summed E-state index contributed by atoms with van der Waals surface area (Å²) in [4.78, 5) is 18.2. The van der Waals surface area contributed by atoms with E-state index in [0.29, 0.717) is 18.0 Å². The number of pyridine rings is 1. The summed E-state index contributed by atoms with van der Waals surface area (Å²) >= 11 is 6.00. The fourth-order valence-electron chi connectivity index (χ4n) is 3.47. The lowest BCUT2D eigenvalue weighted by Gasteiger charge is -2.35. The van der Waals surface area contributed by atoms with E-state index >= 15 is 0 Å². The Labute approximate surface area is 193 Å². The van der Waals surface area contributed by atoms with Crippen LogP contribution in [-0.2, 0) is 4.74 Å². The van der Waals surface area contributed by atoms with Gasteiger partial charge in [-0.3, -0.25) is 4.98 Å². The van der Waals surface area contributed by atoms with E-state index in [1.807, 2.05) is 37.3 Å². The molecule has 1 amide bonds. The number of benzene rings is 2. The zero-order chi connectivity index (χ0) is 22.9. The first-order chi connectivity index (χ1) is 15.5. The molecular weight excluding hydrogens is 427 g/mol. The van der Waals surface area contributed by atoms with Crippen molar-refractivity contribution in [2.24, 2.45) is 0 Å². The van der Waals surface area contributed by atoms with Crippen LogP contribution < -0.4 is 0 Å². The second kappa shape index (κ2) is 11.4. The Morgan fingerprint density at radius 1 is 1.19 bits per heavy atom. The molecule has 0 bridgehead atoms. The maximum absolute atomic E-state index is 12.3. The van der Waals surface area contributed by atoms with Crippen molar-refractivity contribution < 1.29 is 13.9 Å². The van der Waals surface area contributed by atoms with Gasteiger partial charge in [0.25, 0.3) is 0 Å². The molecule has 0 spiro atoms. The molecule has 4 nitrogen and oxygen atoms in total. The van der Waals surface area contributed by atoms with Crippen LogP contribution in [-0.4, -0.2) is 28.6 Å². The van der Waals surface area contributed by atoms with Gasteiger partial charge in [0, 0.05) is 37.3 Å². The van der Waals surface area contributed by atoms with Crippen molar-refractivity contribution in [1.82, 2.24) is 9.88 Å². The molecule has 1 aliphatic heterocycles. The first kappa shape index (κ1) is 23.5. The van der Waals surface area contributed by atoms with Gasteiger partial charge in [0.2, 0.25) is 0 Å². The third-order valence-corrected chi connectivity index (χ3v) is 5.46. The van der Waals surface area contributed by atoms with Gasteiger partial charge in [0.15, 0.2) is 0 Å². The number of cyclic esters (lactones) is 1. The molecule has 2 heterocycles. The Balaban J connectivity index is 0.000000352. The third-order valence-electron chi connectivity index (χ3n) is 5.26. The Hall–Kier alpha value is -3.18. The minimum absolute atomic E-state index is 0.0382. The minimum atomic E-state index is -0.256. The molecule has 0 radical (unpaired) electrons. The van der Waals surface area contributed by atoms with Crippen molar-refractivity contribution in [2.75, 3.05) is 6.54 Å². The average molecular weight is 453 g/mol. The molecule has 2 atom stereocenters. The predicted octanol–water partition coefficient (Wildman–Crippen LogP) is 7.08. The van der Waals surface area contributed by atoms with Gasteiger partial charge in [-0.1, -0.05) is 60.1 Å². The second-order valence-electron chi connectivity index (χ2n) is 7.50. The lowest BCUT2D eigenvalue weighted by atomic mass is 10.0. The molecule has 0 N–H and O–H groups in total. The molecular formula is C26H26ClFN2O2. The number of hydrogen-bond acceptors (Lipinski definition) is 3. The molecule has 6 heteroatoms. The number of aromatic nitrogens is 1. The molecule has 2 unspecified atom stereocenters. The normalized spacial score (nSPS) is 16.4. The molecule has 166 valence electrons. The first-order valence-electron chi connectivity index (χ1n) is 10.5. The van der Waals surface area contributed by atoms with Crippen LogP contribution in [0.5, 0.6) is 0 Å². The maximum atomic E-state index is 12.3. The number of rotatable bonds is 5. The molecule has 1 aromatic heterocycles. The summed E-state index contributed by atoms with van der Waals surface area (Å²) in [7, 11) is 0. The number of amides is 1. The Bertz CT molecular complexity index is 1030. The van der Waals surface area contributed by atoms with Crippen LogP contribution in [0.1, 0.15) is 31.4 Å². The SMILES string of the molecule is C=CCC1CCN(C(C)c2ccc(-c3cncc(Cl)c3)cc2)C(=O)O1.Fc1ccccc1. The van der Waals surface area contributed by atoms with Crippen molar-refractivity contribution in [3.63, 3.8) is 0 Å². The zero-order valence-corrected chi connectivity index (χ0v) is 18.7. The molecule has 0 saturated carbocycles. The van der Waals surface area contributed by atoms with Gasteiger partial charge >= 0.3 is 6.09 Å². The molecule has 1 aliphatic rings. The van der Waals surface area contributed by atoms with Crippen LogP contribution >= 0.6 is 11.6 Å². The van der Waals surface area contributed by atoms with Gasteiger partial charge < -0.3 is 9.64 Å². The highest BCUT2D eigenvalue weighted by molar-refractivity contribution is 6.30. The largest absolute Gasteiger partial charge is 0.446 e. The third kappa shape index (κ3) is 6.41. The van der Waals surface area contributed by atoms with Gasteiger partial charge in [-0.05, 0) is 36.2 Å². The van der Waals surface area contributed by atoms with E-state index in [2.05, 4.69) is 11.6 Å². The lowest BCUT2D eigenvalue weighted by Crippen LogP contribution is -2.43. The summed E-state index contributed by atoms with van der Waals surface area (Å²) in [6.45, 7) is 6.41. The number of carbonyl (C=O) groups is 1. The van der Waals surface area contributed by atoms with Crippen molar-refractivity contribution in [2.45, 2.75) is 31.9 Å². The maximum Gasteiger partial charge on any atom is 0.410 e. The van der Waals surface area contributed by atoms with Crippen LogP contribution in [0.15, 0.2) is 85.7 Å². The average Bonchev–Trinajstić information content (AvgIpc) is 2.80. The van der Waals surface area contributed by atoms with Crippen LogP contribution in [0.3, 0.4) is 0 Å².